The monoisotopic (exact) mass is 519 g/mol. The van der Waals surface area contributed by atoms with Crippen LogP contribution in [0.2, 0.25) is 0 Å². The van der Waals surface area contributed by atoms with Gasteiger partial charge in [0.1, 0.15) is 11.9 Å². The highest BCUT2D eigenvalue weighted by Gasteiger charge is 2.47. The molecule has 6 saturated heterocycles. The van der Waals surface area contributed by atoms with Gasteiger partial charge in [-0.3, -0.25) is 19.9 Å². The summed E-state index contributed by atoms with van der Waals surface area (Å²) in [4.78, 5) is 36.6. The summed E-state index contributed by atoms with van der Waals surface area (Å²) in [5.41, 5.74) is 9.63. The Hall–Kier alpha value is -2.45. The normalized spacial score (nSPS) is 35.9. The largest absolute Gasteiger partial charge is 0.364 e. The molecule has 6 aliphatic heterocycles. The zero-order valence-corrected chi connectivity index (χ0v) is 20.8. The average Bonchev–Trinajstić information content (AvgIpc) is 3.24. The van der Waals surface area contributed by atoms with Crippen molar-refractivity contribution in [3.8, 4) is 0 Å². The van der Waals surface area contributed by atoms with Gasteiger partial charge in [0.15, 0.2) is 5.82 Å². The molecule has 0 radical (unpaired) electrons. The number of piperidine rings is 3. The van der Waals surface area contributed by atoms with E-state index in [-0.39, 0.29) is 36.3 Å². The average molecular weight is 520 g/mol. The number of carbonyl (C=O) groups excluding carboxylic acids is 2. The van der Waals surface area contributed by atoms with Crippen molar-refractivity contribution in [2.45, 2.75) is 31.3 Å². The topological polar surface area (TPSA) is 122 Å². The van der Waals surface area contributed by atoms with E-state index in [0.717, 1.165) is 38.7 Å². The van der Waals surface area contributed by atoms with E-state index in [1.807, 2.05) is 9.80 Å². The highest BCUT2D eigenvalue weighted by molar-refractivity contribution is 5.96. The zero-order chi connectivity index (χ0) is 25.7. The zero-order valence-electron chi connectivity index (χ0n) is 20.8. The second-order valence-corrected chi connectivity index (χ2v) is 10.8. The quantitative estimate of drug-likeness (QED) is 0.403. The van der Waals surface area contributed by atoms with E-state index in [9.17, 15) is 14.0 Å². The first-order valence-electron chi connectivity index (χ1n) is 13.3. The maximum Gasteiger partial charge on any atom is 0.233 e. The molecule has 1 aromatic heterocycles. The van der Waals surface area contributed by atoms with Gasteiger partial charge in [0.05, 0.1) is 42.2 Å². The summed E-state index contributed by atoms with van der Waals surface area (Å²) in [7, 11) is 0. The van der Waals surface area contributed by atoms with Crippen molar-refractivity contribution < 1.29 is 18.4 Å². The molecule has 202 valence electrons. The molecule has 0 spiro atoms. The molecule has 0 aliphatic carbocycles. The van der Waals surface area contributed by atoms with E-state index < -0.39 is 36.1 Å². The minimum atomic E-state index is -1.06. The minimum Gasteiger partial charge on any atom is -0.364 e. The molecule has 6 fully saturated rings. The number of rotatable bonds is 4. The minimum absolute atomic E-state index is 0.0615. The molecule has 7 rings (SSSR count). The number of piperazine rings is 1. The Balaban J connectivity index is 1.12. The third-order valence-electron chi connectivity index (χ3n) is 8.64. The Morgan fingerprint density at radius 2 is 1.84 bits per heavy atom. The van der Waals surface area contributed by atoms with Gasteiger partial charge in [-0.05, 0) is 31.8 Å². The van der Waals surface area contributed by atoms with E-state index in [1.54, 1.807) is 5.01 Å². The summed E-state index contributed by atoms with van der Waals surface area (Å²) >= 11 is 0. The Kier molecular flexibility index (Phi) is 6.74. The Morgan fingerprint density at radius 1 is 1.08 bits per heavy atom. The molecule has 37 heavy (non-hydrogen) atoms. The van der Waals surface area contributed by atoms with Crippen LogP contribution >= 0.6 is 0 Å². The molecule has 2 amide bonds. The second-order valence-electron chi connectivity index (χ2n) is 10.8. The third-order valence-corrected chi connectivity index (χ3v) is 8.64. The number of halogens is 2. The van der Waals surface area contributed by atoms with Gasteiger partial charge in [-0.25, -0.2) is 19.2 Å². The van der Waals surface area contributed by atoms with Crippen LogP contribution in [0.1, 0.15) is 12.8 Å². The highest BCUT2D eigenvalue weighted by atomic mass is 19.1. The molecule has 6 aliphatic rings. The number of anilines is 2. The highest BCUT2D eigenvalue weighted by Crippen LogP contribution is 2.35. The Labute approximate surface area is 214 Å². The number of nitrogens with one attached hydrogen (secondary N) is 3. The number of pyridine rings is 1. The number of aromatic nitrogens is 1. The van der Waals surface area contributed by atoms with Crippen molar-refractivity contribution in [1.29, 1.82) is 0 Å². The fourth-order valence-corrected chi connectivity index (χ4v) is 6.67. The number of nitrogens with zero attached hydrogens (tertiary/aromatic N) is 5. The summed E-state index contributed by atoms with van der Waals surface area (Å²) in [6, 6.07) is 0. The van der Waals surface area contributed by atoms with Gasteiger partial charge in [0.2, 0.25) is 11.8 Å². The number of nitrogens with two attached hydrogens (primary N) is 1. The Bertz CT molecular complexity index is 1030. The van der Waals surface area contributed by atoms with Crippen LogP contribution in [0.25, 0.3) is 0 Å². The molecule has 2 bridgehead atoms. The van der Waals surface area contributed by atoms with Crippen LogP contribution in [0.15, 0.2) is 12.4 Å². The van der Waals surface area contributed by atoms with Crippen LogP contribution in [0, 0.1) is 23.6 Å². The summed E-state index contributed by atoms with van der Waals surface area (Å²) < 4.78 is 28.8. The number of carbonyl (C=O) groups is 2. The van der Waals surface area contributed by atoms with E-state index in [0.29, 0.717) is 32.1 Å². The number of hydrogen-bond acceptors (Lipinski definition) is 9. The lowest BCUT2D eigenvalue weighted by Gasteiger charge is -2.46. The number of hydrogen-bond donors (Lipinski definition) is 4. The third kappa shape index (κ3) is 4.67. The molecule has 11 nitrogen and oxygen atoms in total. The smallest absolute Gasteiger partial charge is 0.233 e. The number of alkyl halides is 1. The first kappa shape index (κ1) is 24.9. The Morgan fingerprint density at radius 3 is 2.54 bits per heavy atom. The summed E-state index contributed by atoms with van der Waals surface area (Å²) in [5, 5.41) is 7.46. The predicted molar refractivity (Wildman–Crippen MR) is 132 cm³/mol. The van der Waals surface area contributed by atoms with Gasteiger partial charge in [-0.15, -0.1) is 0 Å². The lowest BCUT2D eigenvalue weighted by atomic mass is 9.78. The summed E-state index contributed by atoms with van der Waals surface area (Å²) in [6.07, 6.45) is 2.49. The van der Waals surface area contributed by atoms with Gasteiger partial charge in [0.25, 0.3) is 0 Å². The van der Waals surface area contributed by atoms with Crippen molar-refractivity contribution >= 4 is 23.2 Å². The van der Waals surface area contributed by atoms with Crippen molar-refractivity contribution in [3.05, 3.63) is 18.2 Å². The first-order chi connectivity index (χ1) is 17.9. The van der Waals surface area contributed by atoms with Crippen LogP contribution < -0.4 is 26.7 Å². The van der Waals surface area contributed by atoms with Gasteiger partial charge >= 0.3 is 0 Å². The van der Waals surface area contributed by atoms with E-state index in [2.05, 4.69) is 25.9 Å². The van der Waals surface area contributed by atoms with Crippen LogP contribution in [0.4, 0.5) is 20.2 Å². The lowest BCUT2D eigenvalue weighted by molar-refractivity contribution is -0.142. The molecule has 5 atom stereocenters. The second kappa shape index (κ2) is 10.0. The number of amides is 2. The van der Waals surface area contributed by atoms with Crippen LogP contribution in [-0.2, 0) is 9.59 Å². The molecule has 5 unspecified atom stereocenters. The van der Waals surface area contributed by atoms with Crippen LogP contribution in [0.3, 0.4) is 0 Å². The first-order valence-corrected chi connectivity index (χ1v) is 13.3. The molecule has 13 heteroatoms. The molecule has 5 N–H and O–H groups in total. The van der Waals surface area contributed by atoms with Gasteiger partial charge in [0, 0.05) is 45.8 Å². The van der Waals surface area contributed by atoms with Gasteiger partial charge in [-0.1, -0.05) is 0 Å². The molecular formula is C24H35F2N9O2. The van der Waals surface area contributed by atoms with Gasteiger partial charge in [-0.2, -0.15) is 0 Å². The summed E-state index contributed by atoms with van der Waals surface area (Å²) in [5.74, 6) is -0.910. The summed E-state index contributed by atoms with van der Waals surface area (Å²) in [6.45, 7) is 5.19. The van der Waals surface area contributed by atoms with E-state index in [1.165, 1.54) is 6.20 Å². The fourth-order valence-electron chi connectivity index (χ4n) is 6.67. The molecule has 7 heterocycles. The van der Waals surface area contributed by atoms with Crippen molar-refractivity contribution in [2.75, 3.05) is 69.1 Å². The molecular weight excluding hydrogens is 484 g/mol. The predicted octanol–water partition coefficient (Wildman–Crippen LogP) is -0.862. The van der Waals surface area contributed by atoms with E-state index in [4.69, 9.17) is 5.73 Å². The fraction of sp³-hybridized carbons (Fsp3) is 0.708. The number of hydrazine groups is 1. The molecule has 0 aromatic carbocycles. The lowest BCUT2D eigenvalue weighted by Crippen LogP contribution is -2.58. The number of fused-ring (bicyclic) bond motifs is 4. The standard InChI is InChI=1S/C24H35F2N9O2/c25-15-9-29-22-19(21(27)31-35(22)12-15)23(36)30-18-11-28-10-17(26)20(18)33-5-7-34(8-6-33)24(37)16-13-32-3-1-14(16)2-4-32/h10-11,14-16,19,21-22,29,31H,1-9,12-13,27H2,(H,30,36). The van der Waals surface area contributed by atoms with E-state index >= 15 is 4.39 Å². The SMILES string of the molecule is NC1NN2CC(F)CNC2C1C(=O)Nc1cncc(F)c1N1CCN(C(=O)C2CN3CCC2CC3)CC1. The molecule has 1 aromatic rings. The van der Waals surface area contributed by atoms with Gasteiger partial charge < -0.3 is 25.8 Å². The maximum atomic E-state index is 15.1. The van der Waals surface area contributed by atoms with Crippen LogP contribution in [-0.4, -0.2) is 109 Å². The van der Waals surface area contributed by atoms with Crippen molar-refractivity contribution in [1.82, 2.24) is 30.5 Å². The maximum absolute atomic E-state index is 15.1. The van der Waals surface area contributed by atoms with Crippen molar-refractivity contribution in [2.24, 2.45) is 23.5 Å². The molecule has 0 saturated carbocycles. The van der Waals surface area contributed by atoms with Crippen molar-refractivity contribution in [3.63, 3.8) is 0 Å². The van der Waals surface area contributed by atoms with Crippen LogP contribution in [0.5, 0.6) is 0 Å².